The van der Waals surface area contributed by atoms with E-state index in [1.165, 1.54) is 0 Å². The van der Waals surface area contributed by atoms with Gasteiger partial charge in [-0.05, 0) is 56.3 Å². The monoisotopic (exact) mass is 468 g/mol. The third-order valence-electron chi connectivity index (χ3n) is 4.03. The van der Waals surface area contributed by atoms with Crippen molar-refractivity contribution >= 4 is 41.3 Å². The van der Waals surface area contributed by atoms with E-state index in [4.69, 9.17) is 0 Å². The third-order valence-corrected chi connectivity index (χ3v) is 4.72. The highest BCUT2D eigenvalue weighted by atomic mass is 127. The predicted octanol–water partition coefficient (Wildman–Crippen LogP) is 2.86. The van der Waals surface area contributed by atoms with E-state index in [0.29, 0.717) is 12.6 Å². The van der Waals surface area contributed by atoms with Crippen LogP contribution in [0.25, 0.3) is 0 Å². The lowest BCUT2D eigenvalue weighted by Gasteiger charge is -2.27. The van der Waals surface area contributed by atoms with Crippen molar-refractivity contribution in [2.24, 2.45) is 4.99 Å². The quantitative estimate of drug-likeness (QED) is 0.297. The first kappa shape index (κ1) is 23.6. The summed E-state index contributed by atoms with van der Waals surface area (Å²) in [6, 6.07) is 2.38. The molecule has 1 heterocycles. The Hall–Kier alpha value is -0.380. The van der Waals surface area contributed by atoms with Crippen molar-refractivity contribution in [3.8, 4) is 0 Å². The van der Waals surface area contributed by atoms with E-state index >= 15 is 0 Å². The number of hydrogen-bond donors (Lipinski definition) is 3. The maximum atomic E-state index is 10.6. The Labute approximate surface area is 168 Å². The van der Waals surface area contributed by atoms with Gasteiger partial charge in [0.2, 0.25) is 0 Å². The molecule has 1 aromatic heterocycles. The van der Waals surface area contributed by atoms with Crippen LogP contribution in [0.3, 0.4) is 0 Å². The van der Waals surface area contributed by atoms with Gasteiger partial charge in [0.1, 0.15) is 5.60 Å². The fraction of sp³-hybridized carbons (Fsp3) is 0.706. The van der Waals surface area contributed by atoms with Crippen molar-refractivity contribution in [1.82, 2.24) is 15.5 Å². The molecule has 0 saturated heterocycles. The Morgan fingerprint density at radius 2 is 2.00 bits per heavy atom. The number of rotatable bonds is 9. The molecule has 0 aliphatic heterocycles. The van der Waals surface area contributed by atoms with E-state index in [-0.39, 0.29) is 24.0 Å². The minimum absolute atomic E-state index is 0. The minimum atomic E-state index is -0.938. The Bertz CT molecular complexity index is 461. The molecular formula is C17H33IN4OS. The first-order valence-corrected chi connectivity index (χ1v) is 9.40. The van der Waals surface area contributed by atoms with Gasteiger partial charge in [0.05, 0.1) is 6.54 Å². The lowest BCUT2D eigenvalue weighted by atomic mass is 10.00. The molecule has 1 aromatic rings. The molecule has 3 N–H and O–H groups in total. The van der Waals surface area contributed by atoms with Gasteiger partial charge in [0, 0.05) is 19.1 Å². The van der Waals surface area contributed by atoms with Crippen molar-refractivity contribution in [3.05, 3.63) is 22.4 Å². The van der Waals surface area contributed by atoms with Gasteiger partial charge in [-0.25, -0.2) is 4.99 Å². The van der Waals surface area contributed by atoms with Crippen molar-refractivity contribution in [2.45, 2.75) is 46.3 Å². The molecule has 0 aliphatic rings. The first-order chi connectivity index (χ1) is 10.9. The van der Waals surface area contributed by atoms with Gasteiger partial charge in [0.25, 0.3) is 0 Å². The molecule has 2 atom stereocenters. The van der Waals surface area contributed by atoms with E-state index < -0.39 is 5.60 Å². The van der Waals surface area contributed by atoms with Gasteiger partial charge in [-0.2, -0.15) is 11.3 Å². The molecule has 7 heteroatoms. The summed E-state index contributed by atoms with van der Waals surface area (Å²) in [5.74, 6) is 0.752. The van der Waals surface area contributed by atoms with Gasteiger partial charge >= 0.3 is 0 Å². The number of guanidine groups is 1. The summed E-state index contributed by atoms with van der Waals surface area (Å²) in [5.41, 5.74) is -0.0223. The summed E-state index contributed by atoms with van der Waals surface area (Å²) in [4.78, 5) is 6.96. The number of thiophene rings is 1. The van der Waals surface area contributed by atoms with Crippen LogP contribution in [0.15, 0.2) is 21.8 Å². The van der Waals surface area contributed by atoms with Crippen LogP contribution in [0, 0.1) is 0 Å². The molecule has 0 radical (unpaired) electrons. The zero-order chi connectivity index (χ0) is 17.3. The summed E-state index contributed by atoms with van der Waals surface area (Å²) in [5, 5.41) is 21.1. The van der Waals surface area contributed by atoms with Crippen LogP contribution in [0.4, 0.5) is 0 Å². The van der Waals surface area contributed by atoms with Crippen LogP contribution in [0.1, 0.15) is 40.2 Å². The van der Waals surface area contributed by atoms with E-state index in [0.717, 1.165) is 37.7 Å². The molecule has 140 valence electrons. The van der Waals surface area contributed by atoms with E-state index in [2.05, 4.69) is 41.3 Å². The van der Waals surface area contributed by atoms with Crippen LogP contribution >= 0.6 is 35.3 Å². The lowest BCUT2D eigenvalue weighted by Crippen LogP contribution is -2.46. The van der Waals surface area contributed by atoms with Gasteiger partial charge in [-0.1, -0.05) is 13.8 Å². The molecule has 0 bridgehead atoms. The van der Waals surface area contributed by atoms with Gasteiger partial charge < -0.3 is 15.7 Å². The average molecular weight is 468 g/mol. The number of nitrogens with zero attached hydrogens (tertiary/aromatic N) is 2. The summed E-state index contributed by atoms with van der Waals surface area (Å²) in [6.07, 6.45) is 0. The average Bonchev–Trinajstić information content (AvgIpc) is 3.06. The molecule has 0 amide bonds. The zero-order valence-corrected chi connectivity index (χ0v) is 18.6. The largest absolute Gasteiger partial charge is 0.383 e. The highest BCUT2D eigenvalue weighted by Crippen LogP contribution is 2.23. The second kappa shape index (κ2) is 12.1. The maximum absolute atomic E-state index is 10.6. The highest BCUT2D eigenvalue weighted by Gasteiger charge is 2.23. The molecule has 0 saturated carbocycles. The number of likely N-dealkylation sites (N-methyl/N-ethyl adjacent to an activating group) is 1. The van der Waals surface area contributed by atoms with Crippen molar-refractivity contribution in [3.63, 3.8) is 0 Å². The van der Waals surface area contributed by atoms with Crippen LogP contribution in [0.5, 0.6) is 0 Å². The topological polar surface area (TPSA) is 59.9 Å². The molecule has 2 unspecified atom stereocenters. The van der Waals surface area contributed by atoms with Crippen LogP contribution in [0.2, 0.25) is 0 Å². The van der Waals surface area contributed by atoms with Crippen LogP contribution in [-0.4, -0.2) is 54.7 Å². The minimum Gasteiger partial charge on any atom is -0.383 e. The fourth-order valence-corrected chi connectivity index (χ4v) is 3.24. The van der Waals surface area contributed by atoms with Crippen LogP contribution in [-0.2, 0) is 5.60 Å². The van der Waals surface area contributed by atoms with Crippen molar-refractivity contribution < 1.29 is 5.11 Å². The molecule has 0 spiro atoms. The van der Waals surface area contributed by atoms with Crippen molar-refractivity contribution in [1.29, 1.82) is 0 Å². The standard InChI is InChI=1S/C17H32N4OS.HI/c1-6-18-16(19-11-14(4)21(7-2)8-3)20-13-17(5,22)15-9-10-23-12-15;/h9-10,12,14,22H,6-8,11,13H2,1-5H3,(H2,18,19,20);1H. The third kappa shape index (κ3) is 7.67. The smallest absolute Gasteiger partial charge is 0.191 e. The molecule has 24 heavy (non-hydrogen) atoms. The Morgan fingerprint density at radius 3 is 2.50 bits per heavy atom. The van der Waals surface area contributed by atoms with Gasteiger partial charge in [0.15, 0.2) is 5.96 Å². The molecule has 1 rings (SSSR count). The summed E-state index contributed by atoms with van der Waals surface area (Å²) in [6.45, 7) is 14.5. The first-order valence-electron chi connectivity index (χ1n) is 8.45. The lowest BCUT2D eigenvalue weighted by molar-refractivity contribution is 0.0677. The van der Waals surface area contributed by atoms with E-state index in [1.54, 1.807) is 18.3 Å². The zero-order valence-electron chi connectivity index (χ0n) is 15.5. The number of aliphatic hydroxyl groups is 1. The molecule has 0 aromatic carbocycles. The van der Waals surface area contributed by atoms with Crippen LogP contribution < -0.4 is 10.6 Å². The Kier molecular flexibility index (Phi) is 11.9. The predicted molar refractivity (Wildman–Crippen MR) is 116 cm³/mol. The second-order valence-electron chi connectivity index (χ2n) is 5.93. The normalized spacial score (nSPS) is 15.5. The summed E-state index contributed by atoms with van der Waals surface area (Å²) < 4.78 is 0. The number of aliphatic imine (C=N–C) groups is 1. The Balaban J connectivity index is 0.00000529. The molecule has 5 nitrogen and oxygen atoms in total. The second-order valence-corrected chi connectivity index (χ2v) is 6.71. The molecule has 0 aliphatic carbocycles. The van der Waals surface area contributed by atoms with E-state index in [1.807, 2.05) is 23.8 Å². The number of halogens is 1. The summed E-state index contributed by atoms with van der Waals surface area (Å²) in [7, 11) is 0. The van der Waals surface area contributed by atoms with Gasteiger partial charge in [-0.15, -0.1) is 24.0 Å². The van der Waals surface area contributed by atoms with E-state index in [9.17, 15) is 5.11 Å². The number of nitrogens with one attached hydrogen (secondary N) is 2. The summed E-state index contributed by atoms with van der Waals surface area (Å²) >= 11 is 1.59. The number of hydrogen-bond acceptors (Lipinski definition) is 4. The van der Waals surface area contributed by atoms with Crippen molar-refractivity contribution in [2.75, 3.05) is 32.7 Å². The molecular weight excluding hydrogens is 435 g/mol. The maximum Gasteiger partial charge on any atom is 0.191 e. The Morgan fingerprint density at radius 1 is 1.33 bits per heavy atom. The SMILES string of the molecule is CCNC(=NCC(C)(O)c1ccsc1)NCC(C)N(CC)CC.I. The highest BCUT2D eigenvalue weighted by molar-refractivity contribution is 14.0. The van der Waals surface area contributed by atoms with Gasteiger partial charge in [-0.3, -0.25) is 4.90 Å². The fourth-order valence-electron chi connectivity index (χ4n) is 2.46. The molecule has 0 fully saturated rings.